The molecule has 1 aliphatic rings. The topological polar surface area (TPSA) is 128 Å². The molecule has 12 heteroatoms. The molecule has 0 aliphatic carbocycles. The fraction of sp³-hybridized carbons (Fsp3) is 0.115. The number of rotatable bonds is 7. The van der Waals surface area contributed by atoms with E-state index in [1.165, 1.54) is 31.4 Å². The first-order chi connectivity index (χ1) is 18.1. The molecule has 10 nitrogen and oxygen atoms in total. The quantitative estimate of drug-likeness (QED) is 0.119. The molecular weight excluding hydrogens is 629 g/mol. The summed E-state index contributed by atoms with van der Waals surface area (Å²) in [5.74, 6) is -0.868. The van der Waals surface area contributed by atoms with Crippen molar-refractivity contribution in [2.24, 2.45) is 0 Å². The average Bonchev–Trinajstić information content (AvgIpc) is 2.87. The van der Waals surface area contributed by atoms with Gasteiger partial charge in [0.2, 0.25) is 0 Å². The summed E-state index contributed by atoms with van der Waals surface area (Å²) in [6.07, 6.45) is 1.36. The van der Waals surface area contributed by atoms with Gasteiger partial charge >= 0.3 is 6.03 Å². The normalized spacial score (nSPS) is 14.5. The highest BCUT2D eigenvalue weighted by atomic mass is 127. The molecule has 0 bridgehead atoms. The Balaban J connectivity index is 1.63. The molecule has 0 radical (unpaired) electrons. The number of nitrogens with zero attached hydrogens (tertiary/aromatic N) is 2. The lowest BCUT2D eigenvalue weighted by molar-refractivity contribution is -0.384. The first kappa shape index (κ1) is 27.1. The molecule has 1 aliphatic heterocycles. The molecule has 3 aromatic rings. The molecule has 4 rings (SSSR count). The van der Waals surface area contributed by atoms with Crippen molar-refractivity contribution in [3.05, 3.63) is 95.6 Å². The SMILES string of the molecule is COc1cc(/C=C2\C(=O)NC(=O)N(c3cc(Cl)ccc3C)C2=O)cc(I)c1OCc1ccc([N+](=O)[O-])cc1. The molecule has 4 amide bonds. The smallest absolute Gasteiger partial charge is 0.335 e. The van der Waals surface area contributed by atoms with Crippen molar-refractivity contribution in [1.29, 1.82) is 0 Å². The zero-order valence-electron chi connectivity index (χ0n) is 20.0. The van der Waals surface area contributed by atoms with E-state index in [2.05, 4.69) is 5.32 Å². The minimum atomic E-state index is -0.871. The number of nitro benzene ring substituents is 1. The Hall–Kier alpha value is -3.97. The second-order valence-electron chi connectivity index (χ2n) is 8.14. The van der Waals surface area contributed by atoms with Gasteiger partial charge in [0.25, 0.3) is 17.5 Å². The van der Waals surface area contributed by atoms with Crippen LogP contribution in [-0.2, 0) is 16.2 Å². The maximum atomic E-state index is 13.3. The summed E-state index contributed by atoms with van der Waals surface area (Å²) in [4.78, 5) is 49.7. The van der Waals surface area contributed by atoms with Crippen LogP contribution in [0.2, 0.25) is 5.02 Å². The number of aryl methyl sites for hydroxylation is 1. The number of hydrogen-bond donors (Lipinski definition) is 1. The van der Waals surface area contributed by atoms with Gasteiger partial charge in [-0.15, -0.1) is 0 Å². The second-order valence-corrected chi connectivity index (χ2v) is 9.73. The summed E-state index contributed by atoms with van der Waals surface area (Å²) < 4.78 is 12.0. The monoisotopic (exact) mass is 647 g/mol. The summed E-state index contributed by atoms with van der Waals surface area (Å²) in [6.45, 7) is 1.84. The second kappa shape index (κ2) is 11.2. The van der Waals surface area contributed by atoms with E-state index < -0.39 is 22.8 Å². The number of ether oxygens (including phenoxy) is 2. The van der Waals surface area contributed by atoms with Gasteiger partial charge in [0, 0.05) is 17.2 Å². The first-order valence-electron chi connectivity index (χ1n) is 11.0. The van der Waals surface area contributed by atoms with Gasteiger partial charge in [-0.05, 0) is 88.7 Å². The highest BCUT2D eigenvalue weighted by Crippen LogP contribution is 2.36. The van der Waals surface area contributed by atoms with Crippen molar-refractivity contribution in [2.75, 3.05) is 12.0 Å². The molecule has 0 atom stereocenters. The number of benzene rings is 3. The Labute approximate surface area is 235 Å². The van der Waals surface area contributed by atoms with Crippen LogP contribution in [0.5, 0.6) is 11.5 Å². The largest absolute Gasteiger partial charge is 0.493 e. The first-order valence-corrected chi connectivity index (χ1v) is 12.5. The number of hydrogen-bond acceptors (Lipinski definition) is 7. The number of nitrogens with one attached hydrogen (secondary N) is 1. The predicted octanol–water partition coefficient (Wildman–Crippen LogP) is 5.42. The van der Waals surface area contributed by atoms with Crippen LogP contribution in [0.3, 0.4) is 0 Å². The van der Waals surface area contributed by atoms with Crippen molar-refractivity contribution in [2.45, 2.75) is 13.5 Å². The number of non-ortho nitro benzene ring substituents is 1. The third-order valence-electron chi connectivity index (χ3n) is 5.61. The van der Waals surface area contributed by atoms with E-state index in [-0.39, 0.29) is 23.6 Å². The van der Waals surface area contributed by atoms with Gasteiger partial charge in [0.05, 0.1) is 21.3 Å². The summed E-state index contributed by atoms with van der Waals surface area (Å²) in [7, 11) is 1.45. The van der Waals surface area contributed by atoms with Gasteiger partial charge in [0.15, 0.2) is 11.5 Å². The third kappa shape index (κ3) is 5.63. The van der Waals surface area contributed by atoms with E-state index in [1.807, 2.05) is 22.6 Å². The Morgan fingerprint density at radius 2 is 1.82 bits per heavy atom. The number of nitro groups is 1. The average molecular weight is 648 g/mol. The predicted molar refractivity (Wildman–Crippen MR) is 148 cm³/mol. The Morgan fingerprint density at radius 1 is 1.11 bits per heavy atom. The highest BCUT2D eigenvalue weighted by molar-refractivity contribution is 14.1. The Bertz CT molecular complexity index is 1510. The standard InChI is InChI=1S/C26H19ClIN3O7/c1-14-3-6-17(27)12-21(14)30-25(33)19(24(32)29-26(30)34)9-16-10-20(28)23(22(11-16)37-2)38-13-15-4-7-18(8-5-15)31(35)36/h3-12H,13H2,1-2H3,(H,29,32,34)/b19-9+. The number of urea groups is 1. The number of methoxy groups -OCH3 is 1. The van der Waals surface area contributed by atoms with Crippen molar-refractivity contribution >= 4 is 69.5 Å². The van der Waals surface area contributed by atoms with E-state index in [4.69, 9.17) is 21.1 Å². The van der Waals surface area contributed by atoms with Crippen LogP contribution in [0, 0.1) is 20.6 Å². The lowest BCUT2D eigenvalue weighted by atomic mass is 10.1. The van der Waals surface area contributed by atoms with E-state index in [1.54, 1.807) is 43.3 Å². The number of anilines is 1. The number of amides is 4. The number of barbiturate groups is 1. The molecule has 0 saturated carbocycles. The maximum Gasteiger partial charge on any atom is 0.335 e. The molecule has 0 spiro atoms. The van der Waals surface area contributed by atoms with Gasteiger partial charge < -0.3 is 9.47 Å². The lowest BCUT2D eigenvalue weighted by Crippen LogP contribution is -2.54. The van der Waals surface area contributed by atoms with Gasteiger partial charge in [0.1, 0.15) is 12.2 Å². The molecule has 1 fully saturated rings. The number of carbonyl (C=O) groups is 3. The van der Waals surface area contributed by atoms with Crippen molar-refractivity contribution in [3.63, 3.8) is 0 Å². The summed E-state index contributed by atoms with van der Waals surface area (Å²) in [5, 5.41) is 13.4. The van der Waals surface area contributed by atoms with Crippen molar-refractivity contribution in [1.82, 2.24) is 5.32 Å². The van der Waals surface area contributed by atoms with Crippen LogP contribution >= 0.6 is 34.2 Å². The van der Waals surface area contributed by atoms with Gasteiger partial charge in [-0.2, -0.15) is 0 Å². The van der Waals surface area contributed by atoms with Crippen LogP contribution < -0.4 is 19.7 Å². The van der Waals surface area contributed by atoms with E-state index in [9.17, 15) is 24.5 Å². The minimum Gasteiger partial charge on any atom is -0.493 e. The van der Waals surface area contributed by atoms with Gasteiger partial charge in [-0.25, -0.2) is 9.69 Å². The molecule has 1 N–H and O–H groups in total. The van der Waals surface area contributed by atoms with Crippen LogP contribution in [-0.4, -0.2) is 29.9 Å². The zero-order chi connectivity index (χ0) is 27.6. The van der Waals surface area contributed by atoms with Gasteiger partial charge in [-0.3, -0.25) is 25.0 Å². The molecule has 1 heterocycles. The molecular formula is C26H19ClIN3O7. The zero-order valence-corrected chi connectivity index (χ0v) is 22.9. The van der Waals surface area contributed by atoms with Crippen LogP contribution in [0.4, 0.5) is 16.2 Å². The van der Waals surface area contributed by atoms with Crippen molar-refractivity contribution < 1.29 is 28.8 Å². The number of imide groups is 2. The Kier molecular flexibility index (Phi) is 7.97. The highest BCUT2D eigenvalue weighted by Gasteiger charge is 2.37. The van der Waals surface area contributed by atoms with Crippen LogP contribution in [0.25, 0.3) is 6.08 Å². The molecule has 194 valence electrons. The van der Waals surface area contributed by atoms with Crippen LogP contribution in [0.15, 0.2) is 60.2 Å². The van der Waals surface area contributed by atoms with Crippen LogP contribution in [0.1, 0.15) is 16.7 Å². The van der Waals surface area contributed by atoms with E-state index in [0.29, 0.717) is 36.8 Å². The fourth-order valence-electron chi connectivity index (χ4n) is 3.70. The van der Waals surface area contributed by atoms with Crippen molar-refractivity contribution in [3.8, 4) is 11.5 Å². The summed E-state index contributed by atoms with van der Waals surface area (Å²) >= 11 is 8.10. The number of carbonyl (C=O) groups excluding carboxylic acids is 3. The third-order valence-corrected chi connectivity index (χ3v) is 6.64. The summed E-state index contributed by atoms with van der Waals surface area (Å²) in [6, 6.07) is 13.2. The lowest BCUT2D eigenvalue weighted by Gasteiger charge is -2.27. The fourth-order valence-corrected chi connectivity index (χ4v) is 4.65. The molecule has 1 saturated heterocycles. The molecule has 0 aromatic heterocycles. The molecule has 0 unspecified atom stereocenters. The minimum absolute atomic E-state index is 0.0228. The van der Waals surface area contributed by atoms with Gasteiger partial charge in [-0.1, -0.05) is 17.7 Å². The molecule has 38 heavy (non-hydrogen) atoms. The number of halogens is 2. The van der Waals surface area contributed by atoms with E-state index in [0.717, 1.165) is 4.90 Å². The molecule has 3 aromatic carbocycles. The Morgan fingerprint density at radius 3 is 2.47 bits per heavy atom. The van der Waals surface area contributed by atoms with E-state index >= 15 is 0 Å². The maximum absolute atomic E-state index is 13.3. The summed E-state index contributed by atoms with van der Waals surface area (Å²) in [5.41, 5.74) is 1.79.